The van der Waals surface area contributed by atoms with Gasteiger partial charge in [-0.2, -0.15) is 0 Å². The van der Waals surface area contributed by atoms with Crippen LogP contribution in [0.2, 0.25) is 0 Å². The van der Waals surface area contributed by atoms with Crippen molar-refractivity contribution in [2.75, 3.05) is 11.9 Å². The molecule has 0 amide bonds. The molecule has 0 spiro atoms. The van der Waals surface area contributed by atoms with E-state index in [2.05, 4.69) is 74.1 Å². The molecular formula is C17H23BrN2. The minimum atomic E-state index is 0.0472. The van der Waals surface area contributed by atoms with E-state index < -0.39 is 0 Å². The summed E-state index contributed by atoms with van der Waals surface area (Å²) in [4.78, 5) is 4.91. The van der Waals surface area contributed by atoms with Crippen LogP contribution in [-0.2, 0) is 5.41 Å². The van der Waals surface area contributed by atoms with E-state index in [-0.39, 0.29) is 5.41 Å². The smallest absolute Gasteiger partial charge is 0.0766 e. The summed E-state index contributed by atoms with van der Waals surface area (Å²) in [5.41, 5.74) is 4.66. The van der Waals surface area contributed by atoms with Crippen molar-refractivity contribution in [3.05, 3.63) is 33.9 Å². The van der Waals surface area contributed by atoms with Gasteiger partial charge in [0.05, 0.1) is 5.52 Å². The zero-order valence-electron chi connectivity index (χ0n) is 13.0. The number of aromatic nitrogens is 1. The average molecular weight is 335 g/mol. The Balaban J connectivity index is 2.71. The SMILES string of the molecule is CCCNc1cc(C(C)(C)C)nc2c(C)c(Br)ccc12. The van der Waals surface area contributed by atoms with E-state index >= 15 is 0 Å². The zero-order valence-corrected chi connectivity index (χ0v) is 14.6. The van der Waals surface area contributed by atoms with E-state index in [4.69, 9.17) is 4.98 Å². The van der Waals surface area contributed by atoms with Crippen LogP contribution in [0, 0.1) is 6.92 Å². The molecule has 0 bridgehead atoms. The Morgan fingerprint density at radius 1 is 1.25 bits per heavy atom. The highest BCUT2D eigenvalue weighted by Gasteiger charge is 2.19. The molecule has 0 aliphatic heterocycles. The topological polar surface area (TPSA) is 24.9 Å². The van der Waals surface area contributed by atoms with E-state index in [1.54, 1.807) is 0 Å². The molecule has 1 aromatic carbocycles. The molecule has 2 rings (SSSR count). The van der Waals surface area contributed by atoms with E-state index in [0.29, 0.717) is 0 Å². The van der Waals surface area contributed by atoms with E-state index in [1.807, 2.05) is 0 Å². The van der Waals surface area contributed by atoms with Crippen molar-refractivity contribution in [3.63, 3.8) is 0 Å². The number of pyridine rings is 1. The van der Waals surface area contributed by atoms with Crippen molar-refractivity contribution in [3.8, 4) is 0 Å². The number of fused-ring (bicyclic) bond motifs is 1. The lowest BCUT2D eigenvalue weighted by atomic mass is 9.90. The molecule has 0 fully saturated rings. The molecular weight excluding hydrogens is 312 g/mol. The highest BCUT2D eigenvalue weighted by Crippen LogP contribution is 2.33. The van der Waals surface area contributed by atoms with Crippen LogP contribution in [0.15, 0.2) is 22.7 Å². The number of benzene rings is 1. The van der Waals surface area contributed by atoms with Crippen molar-refractivity contribution in [1.29, 1.82) is 0 Å². The number of aryl methyl sites for hydroxylation is 1. The van der Waals surface area contributed by atoms with Crippen LogP contribution in [-0.4, -0.2) is 11.5 Å². The van der Waals surface area contributed by atoms with E-state index in [0.717, 1.165) is 28.6 Å². The highest BCUT2D eigenvalue weighted by atomic mass is 79.9. The number of hydrogen-bond donors (Lipinski definition) is 1. The standard InChI is InChI=1S/C17H23BrN2/c1-6-9-19-14-10-15(17(3,4)5)20-16-11(2)13(18)8-7-12(14)16/h7-8,10H,6,9H2,1-5H3,(H,19,20). The Morgan fingerprint density at radius 3 is 2.55 bits per heavy atom. The second kappa shape index (κ2) is 5.72. The van der Waals surface area contributed by atoms with Crippen LogP contribution in [0.5, 0.6) is 0 Å². The van der Waals surface area contributed by atoms with Gasteiger partial charge in [0.1, 0.15) is 0 Å². The highest BCUT2D eigenvalue weighted by molar-refractivity contribution is 9.10. The van der Waals surface area contributed by atoms with Crippen LogP contribution < -0.4 is 5.32 Å². The second-order valence-corrected chi connectivity index (χ2v) is 7.15. The van der Waals surface area contributed by atoms with Crippen LogP contribution >= 0.6 is 15.9 Å². The number of rotatable bonds is 3. The second-order valence-electron chi connectivity index (χ2n) is 6.30. The predicted molar refractivity (Wildman–Crippen MR) is 91.7 cm³/mol. The van der Waals surface area contributed by atoms with Gasteiger partial charge in [-0.3, -0.25) is 4.98 Å². The fourth-order valence-corrected chi connectivity index (χ4v) is 2.51. The molecule has 1 heterocycles. The summed E-state index contributed by atoms with van der Waals surface area (Å²) in [5, 5.41) is 4.74. The van der Waals surface area contributed by atoms with Gasteiger partial charge in [0, 0.05) is 33.2 Å². The molecule has 0 atom stereocenters. The van der Waals surface area contributed by atoms with Crippen molar-refractivity contribution < 1.29 is 0 Å². The summed E-state index contributed by atoms with van der Waals surface area (Å²) in [6.45, 7) is 11.9. The molecule has 0 radical (unpaired) electrons. The molecule has 108 valence electrons. The van der Waals surface area contributed by atoms with Gasteiger partial charge >= 0.3 is 0 Å². The van der Waals surface area contributed by atoms with Gasteiger partial charge < -0.3 is 5.32 Å². The summed E-state index contributed by atoms with van der Waals surface area (Å²) in [7, 11) is 0. The number of halogens is 1. The Morgan fingerprint density at radius 2 is 1.95 bits per heavy atom. The van der Waals surface area contributed by atoms with Gasteiger partial charge in [-0.15, -0.1) is 0 Å². The van der Waals surface area contributed by atoms with E-state index in [1.165, 1.54) is 16.6 Å². The lowest BCUT2D eigenvalue weighted by molar-refractivity contribution is 0.571. The zero-order chi connectivity index (χ0) is 14.9. The van der Waals surface area contributed by atoms with Gasteiger partial charge in [0.25, 0.3) is 0 Å². The summed E-state index contributed by atoms with van der Waals surface area (Å²) in [6, 6.07) is 6.45. The maximum Gasteiger partial charge on any atom is 0.0766 e. The fraction of sp³-hybridized carbons (Fsp3) is 0.471. The van der Waals surface area contributed by atoms with Crippen LogP contribution in [0.3, 0.4) is 0 Å². The van der Waals surface area contributed by atoms with Gasteiger partial charge in [-0.05, 0) is 37.1 Å². The van der Waals surface area contributed by atoms with Crippen molar-refractivity contribution in [1.82, 2.24) is 4.98 Å². The van der Waals surface area contributed by atoms with E-state index in [9.17, 15) is 0 Å². The first-order valence-electron chi connectivity index (χ1n) is 7.18. The van der Waals surface area contributed by atoms with Crippen LogP contribution in [0.25, 0.3) is 10.9 Å². The lowest BCUT2D eigenvalue weighted by Gasteiger charge is -2.21. The number of anilines is 1. The molecule has 20 heavy (non-hydrogen) atoms. The molecule has 3 heteroatoms. The minimum Gasteiger partial charge on any atom is -0.384 e. The van der Waals surface area contributed by atoms with Gasteiger partial charge in [-0.1, -0.05) is 43.6 Å². The molecule has 2 nitrogen and oxygen atoms in total. The van der Waals surface area contributed by atoms with Crippen LogP contribution in [0.4, 0.5) is 5.69 Å². The molecule has 1 N–H and O–H groups in total. The Kier molecular flexibility index (Phi) is 4.38. The number of hydrogen-bond acceptors (Lipinski definition) is 2. The third-order valence-corrected chi connectivity index (χ3v) is 4.36. The molecule has 2 aromatic rings. The van der Waals surface area contributed by atoms with Gasteiger partial charge in [0.2, 0.25) is 0 Å². The average Bonchev–Trinajstić information content (AvgIpc) is 2.39. The predicted octanol–water partition coefficient (Wildman–Crippen LogP) is 5.43. The summed E-state index contributed by atoms with van der Waals surface area (Å²) >= 11 is 3.61. The van der Waals surface area contributed by atoms with Gasteiger partial charge in [-0.25, -0.2) is 0 Å². The Bertz CT molecular complexity index is 627. The lowest BCUT2D eigenvalue weighted by Crippen LogP contribution is -2.15. The molecule has 0 unspecified atom stereocenters. The monoisotopic (exact) mass is 334 g/mol. The Labute approximate surface area is 130 Å². The van der Waals surface area contributed by atoms with Gasteiger partial charge in [0.15, 0.2) is 0 Å². The molecule has 0 aliphatic carbocycles. The number of nitrogens with one attached hydrogen (secondary N) is 1. The first-order valence-corrected chi connectivity index (χ1v) is 7.98. The van der Waals surface area contributed by atoms with Crippen molar-refractivity contribution >= 4 is 32.5 Å². The Hall–Kier alpha value is -1.09. The third-order valence-electron chi connectivity index (χ3n) is 3.50. The summed E-state index contributed by atoms with van der Waals surface area (Å²) < 4.78 is 1.12. The quantitative estimate of drug-likeness (QED) is 0.809. The minimum absolute atomic E-state index is 0.0472. The summed E-state index contributed by atoms with van der Waals surface area (Å²) in [5.74, 6) is 0. The maximum absolute atomic E-state index is 4.91. The summed E-state index contributed by atoms with van der Waals surface area (Å²) in [6.07, 6.45) is 1.12. The largest absolute Gasteiger partial charge is 0.384 e. The van der Waals surface area contributed by atoms with Crippen LogP contribution in [0.1, 0.15) is 45.4 Å². The fourth-order valence-electron chi connectivity index (χ4n) is 2.19. The van der Waals surface area contributed by atoms with Crippen molar-refractivity contribution in [2.45, 2.75) is 46.5 Å². The normalized spacial score (nSPS) is 11.9. The first kappa shape index (κ1) is 15.3. The molecule has 1 aromatic heterocycles. The number of nitrogens with zero attached hydrogens (tertiary/aromatic N) is 1. The third kappa shape index (κ3) is 2.98. The maximum atomic E-state index is 4.91. The first-order chi connectivity index (χ1) is 9.34. The van der Waals surface area contributed by atoms with Crippen molar-refractivity contribution in [2.24, 2.45) is 0 Å². The molecule has 0 aliphatic rings. The molecule has 0 saturated carbocycles. The molecule has 0 saturated heterocycles.